The number of hydrogen-bond acceptors (Lipinski definition) is 8. The normalized spacial score (nSPS) is 13.7. The molecule has 1 saturated heterocycles. The molecule has 1 aliphatic heterocycles. The molecule has 1 aliphatic rings. The quantitative estimate of drug-likeness (QED) is 0.335. The largest absolute Gasteiger partial charge is 0.497 e. The molecule has 2 N–H and O–H groups in total. The molecule has 1 heterocycles. The van der Waals surface area contributed by atoms with Crippen molar-refractivity contribution in [3.63, 3.8) is 0 Å². The van der Waals surface area contributed by atoms with Crippen LogP contribution in [0.3, 0.4) is 0 Å². The zero-order chi connectivity index (χ0) is 28.2. The first-order valence-electron chi connectivity index (χ1n) is 11.9. The highest BCUT2D eigenvalue weighted by Crippen LogP contribution is 2.31. The van der Waals surface area contributed by atoms with Crippen LogP contribution in [0.15, 0.2) is 75.4 Å². The Morgan fingerprint density at radius 3 is 2.08 bits per heavy atom. The molecule has 4 rings (SSSR count). The average molecular weight is 592 g/mol. The number of methoxy groups -OCH3 is 2. The third-order valence-corrected chi connectivity index (χ3v) is 9.73. The molecule has 0 aromatic heterocycles. The van der Waals surface area contributed by atoms with Crippen LogP contribution >= 0.6 is 11.8 Å². The summed E-state index contributed by atoms with van der Waals surface area (Å²) < 4.78 is 67.5. The number of rotatable bonds is 10. The highest BCUT2D eigenvalue weighted by molar-refractivity contribution is 7.98. The second kappa shape index (κ2) is 11.8. The van der Waals surface area contributed by atoms with E-state index in [0.717, 1.165) is 12.8 Å². The van der Waals surface area contributed by atoms with E-state index in [4.69, 9.17) is 9.47 Å². The van der Waals surface area contributed by atoms with Gasteiger partial charge in [0.1, 0.15) is 11.5 Å². The molecule has 208 valence electrons. The fourth-order valence-corrected chi connectivity index (χ4v) is 6.84. The summed E-state index contributed by atoms with van der Waals surface area (Å²) in [5.74, 6) is 0.587. The van der Waals surface area contributed by atoms with E-state index in [1.54, 1.807) is 23.1 Å². The van der Waals surface area contributed by atoms with Gasteiger partial charge in [-0.05, 0) is 73.7 Å². The number of sulfonamides is 2. The van der Waals surface area contributed by atoms with Gasteiger partial charge in [0.25, 0.3) is 26.0 Å². The van der Waals surface area contributed by atoms with Crippen LogP contribution in [0.25, 0.3) is 0 Å². The van der Waals surface area contributed by atoms with Crippen LogP contribution < -0.4 is 18.9 Å². The number of hydrogen-bond donors (Lipinski definition) is 2. The van der Waals surface area contributed by atoms with Crippen molar-refractivity contribution in [1.82, 2.24) is 4.90 Å². The van der Waals surface area contributed by atoms with Crippen molar-refractivity contribution < 1.29 is 31.1 Å². The van der Waals surface area contributed by atoms with Gasteiger partial charge in [0.2, 0.25) is 0 Å². The summed E-state index contributed by atoms with van der Waals surface area (Å²) in [4.78, 5) is 15.3. The first-order chi connectivity index (χ1) is 18.6. The van der Waals surface area contributed by atoms with E-state index in [1.165, 1.54) is 68.4 Å². The minimum atomic E-state index is -4.05. The first kappa shape index (κ1) is 28.6. The topological polar surface area (TPSA) is 131 Å². The predicted molar refractivity (Wildman–Crippen MR) is 151 cm³/mol. The van der Waals surface area contributed by atoms with E-state index in [-0.39, 0.29) is 32.8 Å². The monoisotopic (exact) mass is 591 g/mol. The van der Waals surface area contributed by atoms with Crippen molar-refractivity contribution in [1.29, 1.82) is 0 Å². The maximum atomic E-state index is 13.1. The van der Waals surface area contributed by atoms with Gasteiger partial charge in [-0.25, -0.2) is 16.8 Å². The number of nitrogens with one attached hydrogen (secondary N) is 2. The summed E-state index contributed by atoms with van der Waals surface area (Å²) in [7, 11) is -5.16. The van der Waals surface area contributed by atoms with Gasteiger partial charge in [0.05, 0.1) is 35.3 Å². The molecular weight excluding hydrogens is 563 g/mol. The standard InChI is InChI=1S/C26H29N3O7S3/c1-35-19-8-12-23(24(16-19)36-2)28-38(31,32)20-9-6-18(7-10-20)27-39(33,34)21-11-13-25(37-3)22(17-21)26(30)29-14-4-5-15-29/h6-13,16-17,27-28H,4-5,14-15H2,1-3H3. The van der Waals surface area contributed by atoms with Crippen molar-refractivity contribution in [2.45, 2.75) is 27.5 Å². The zero-order valence-corrected chi connectivity index (χ0v) is 24.1. The smallest absolute Gasteiger partial charge is 0.262 e. The molecule has 10 nitrogen and oxygen atoms in total. The minimum absolute atomic E-state index is 0.0622. The van der Waals surface area contributed by atoms with E-state index in [1.807, 2.05) is 6.26 Å². The van der Waals surface area contributed by atoms with Gasteiger partial charge in [0, 0.05) is 29.7 Å². The Hall–Kier alpha value is -3.42. The summed E-state index contributed by atoms with van der Waals surface area (Å²) in [5, 5.41) is 0. The van der Waals surface area contributed by atoms with Crippen molar-refractivity contribution >= 4 is 49.1 Å². The number of likely N-dealkylation sites (tertiary alicyclic amines) is 1. The summed E-state index contributed by atoms with van der Waals surface area (Å²) in [5.41, 5.74) is 0.724. The number of carbonyl (C=O) groups excluding carboxylic acids is 1. The van der Waals surface area contributed by atoms with Gasteiger partial charge in [-0.3, -0.25) is 14.2 Å². The summed E-state index contributed by atoms with van der Waals surface area (Å²) >= 11 is 1.37. The highest BCUT2D eigenvalue weighted by Gasteiger charge is 2.25. The first-order valence-corrected chi connectivity index (χ1v) is 16.1. The van der Waals surface area contributed by atoms with Gasteiger partial charge in [-0.15, -0.1) is 11.8 Å². The highest BCUT2D eigenvalue weighted by atomic mass is 32.2. The van der Waals surface area contributed by atoms with Gasteiger partial charge >= 0.3 is 0 Å². The number of amides is 1. The molecule has 0 unspecified atom stereocenters. The zero-order valence-electron chi connectivity index (χ0n) is 21.6. The van der Waals surface area contributed by atoms with Crippen LogP contribution in [0, 0.1) is 0 Å². The maximum Gasteiger partial charge on any atom is 0.262 e. The van der Waals surface area contributed by atoms with Gasteiger partial charge in [-0.2, -0.15) is 0 Å². The molecule has 3 aromatic carbocycles. The molecule has 3 aromatic rings. The van der Waals surface area contributed by atoms with Crippen molar-refractivity contribution in [2.24, 2.45) is 0 Å². The Morgan fingerprint density at radius 2 is 1.46 bits per heavy atom. The second-order valence-electron chi connectivity index (χ2n) is 8.66. The Balaban J connectivity index is 1.53. The van der Waals surface area contributed by atoms with E-state index in [2.05, 4.69) is 9.44 Å². The maximum absolute atomic E-state index is 13.1. The molecule has 1 amide bonds. The number of benzene rings is 3. The molecule has 0 saturated carbocycles. The van der Waals surface area contributed by atoms with Crippen LogP contribution in [0.5, 0.6) is 11.5 Å². The number of carbonyl (C=O) groups is 1. The van der Waals surface area contributed by atoms with Gasteiger partial charge in [0.15, 0.2) is 0 Å². The summed E-state index contributed by atoms with van der Waals surface area (Å²) in [6.45, 7) is 1.30. The SMILES string of the molecule is COc1ccc(NS(=O)(=O)c2ccc(NS(=O)(=O)c3ccc(SC)c(C(=O)N4CCCC4)c3)cc2)c(OC)c1. The third-order valence-electron chi connectivity index (χ3n) is 6.17. The van der Waals surface area contributed by atoms with Crippen molar-refractivity contribution in [3.8, 4) is 11.5 Å². The van der Waals surface area contributed by atoms with Crippen LogP contribution in [0.2, 0.25) is 0 Å². The molecule has 1 fully saturated rings. The van der Waals surface area contributed by atoms with E-state index >= 15 is 0 Å². The minimum Gasteiger partial charge on any atom is -0.497 e. The van der Waals surface area contributed by atoms with Gasteiger partial charge < -0.3 is 14.4 Å². The molecule has 0 spiro atoms. The van der Waals surface area contributed by atoms with Crippen LogP contribution in [0.1, 0.15) is 23.2 Å². The van der Waals surface area contributed by atoms with Crippen molar-refractivity contribution in [3.05, 3.63) is 66.2 Å². The molecule has 0 aliphatic carbocycles. The Morgan fingerprint density at radius 1 is 0.821 bits per heavy atom. The lowest BCUT2D eigenvalue weighted by atomic mass is 10.2. The van der Waals surface area contributed by atoms with Crippen LogP contribution in [0.4, 0.5) is 11.4 Å². The fourth-order valence-electron chi connectivity index (χ4n) is 4.11. The van der Waals surface area contributed by atoms with E-state index in [9.17, 15) is 21.6 Å². The molecular formula is C26H29N3O7S3. The summed E-state index contributed by atoms with van der Waals surface area (Å²) in [6, 6.07) is 14.4. The molecule has 13 heteroatoms. The Bertz CT molecular complexity index is 1570. The Kier molecular flexibility index (Phi) is 8.62. The summed E-state index contributed by atoms with van der Waals surface area (Å²) in [6.07, 6.45) is 3.68. The Labute approximate surface area is 232 Å². The van der Waals surface area contributed by atoms with Crippen LogP contribution in [-0.2, 0) is 20.0 Å². The van der Waals surface area contributed by atoms with Crippen LogP contribution in [-0.4, -0.2) is 61.2 Å². The average Bonchev–Trinajstić information content (AvgIpc) is 3.47. The lowest BCUT2D eigenvalue weighted by Gasteiger charge is -2.18. The van der Waals surface area contributed by atoms with E-state index in [0.29, 0.717) is 29.3 Å². The fraction of sp³-hybridized carbons (Fsp3) is 0.269. The number of thioether (sulfide) groups is 1. The number of anilines is 2. The predicted octanol–water partition coefficient (Wildman–Crippen LogP) is 4.26. The lowest BCUT2D eigenvalue weighted by molar-refractivity contribution is 0.0789. The number of ether oxygens (including phenoxy) is 2. The molecule has 0 bridgehead atoms. The number of nitrogens with zero attached hydrogens (tertiary/aromatic N) is 1. The molecule has 0 radical (unpaired) electrons. The van der Waals surface area contributed by atoms with E-state index < -0.39 is 20.0 Å². The molecule has 39 heavy (non-hydrogen) atoms. The van der Waals surface area contributed by atoms with Gasteiger partial charge in [-0.1, -0.05) is 0 Å². The lowest BCUT2D eigenvalue weighted by Crippen LogP contribution is -2.28. The molecule has 0 atom stereocenters. The van der Waals surface area contributed by atoms with Crippen molar-refractivity contribution in [2.75, 3.05) is 43.0 Å². The third kappa shape index (κ3) is 6.43. The second-order valence-corrected chi connectivity index (χ2v) is 12.9.